The molecule has 0 heterocycles. The van der Waals surface area contributed by atoms with E-state index in [1.807, 2.05) is 0 Å². The van der Waals surface area contributed by atoms with Gasteiger partial charge < -0.3 is 9.84 Å². The van der Waals surface area contributed by atoms with Gasteiger partial charge >= 0.3 is 5.97 Å². The number of carboxylic acid groups (broad SMARTS) is 1. The zero-order valence-corrected chi connectivity index (χ0v) is 12.5. The van der Waals surface area contributed by atoms with Crippen LogP contribution in [0.15, 0.2) is 40.9 Å². The van der Waals surface area contributed by atoms with Crippen molar-refractivity contribution in [1.82, 2.24) is 0 Å². The van der Waals surface area contributed by atoms with Crippen LogP contribution in [-0.4, -0.2) is 16.0 Å². The van der Waals surface area contributed by atoms with Crippen molar-refractivity contribution >= 4 is 27.6 Å². The lowest BCUT2D eigenvalue weighted by Gasteiger charge is -2.10. The molecule has 0 atom stereocenters. The van der Waals surface area contributed by atoms with Crippen LogP contribution in [-0.2, 0) is 0 Å². The summed E-state index contributed by atoms with van der Waals surface area (Å²) in [5, 5.41) is 20.0. The second kappa shape index (κ2) is 5.92. The Morgan fingerprint density at radius 3 is 2.62 bits per heavy atom. The smallest absolute Gasteiger partial charge is 0.340 e. The van der Waals surface area contributed by atoms with Crippen molar-refractivity contribution in [1.29, 1.82) is 0 Å². The molecule has 0 saturated heterocycles. The average Bonchev–Trinajstić information content (AvgIpc) is 2.37. The van der Waals surface area contributed by atoms with Gasteiger partial charge in [0.1, 0.15) is 17.1 Å². The Morgan fingerprint density at radius 2 is 2.05 bits per heavy atom. The van der Waals surface area contributed by atoms with Gasteiger partial charge in [0.25, 0.3) is 5.69 Å². The first-order valence-electron chi connectivity index (χ1n) is 5.85. The molecule has 2 aromatic carbocycles. The normalized spacial score (nSPS) is 10.2. The van der Waals surface area contributed by atoms with E-state index in [4.69, 9.17) is 4.74 Å². The van der Waals surface area contributed by atoms with Crippen molar-refractivity contribution in [3.63, 3.8) is 0 Å². The van der Waals surface area contributed by atoms with E-state index in [9.17, 15) is 20.0 Å². The fraction of sp³-hybridized carbons (Fsp3) is 0.0714. The van der Waals surface area contributed by atoms with Gasteiger partial charge in [-0.1, -0.05) is 6.07 Å². The van der Waals surface area contributed by atoms with E-state index in [1.54, 1.807) is 19.1 Å². The maximum Gasteiger partial charge on any atom is 0.340 e. The second-order valence-corrected chi connectivity index (χ2v) is 5.08. The molecule has 1 N–H and O–H groups in total. The number of aromatic carboxylic acids is 1. The number of hydrogen-bond acceptors (Lipinski definition) is 4. The first-order chi connectivity index (χ1) is 9.90. The van der Waals surface area contributed by atoms with E-state index < -0.39 is 10.9 Å². The van der Waals surface area contributed by atoms with Gasteiger partial charge in [0.2, 0.25) is 0 Å². The minimum absolute atomic E-state index is 0.00601. The monoisotopic (exact) mass is 351 g/mol. The highest BCUT2D eigenvalue weighted by molar-refractivity contribution is 9.10. The van der Waals surface area contributed by atoms with Crippen molar-refractivity contribution in [2.24, 2.45) is 0 Å². The fourth-order valence-electron chi connectivity index (χ4n) is 1.82. The van der Waals surface area contributed by atoms with E-state index >= 15 is 0 Å². The average molecular weight is 352 g/mol. The summed E-state index contributed by atoms with van der Waals surface area (Å²) in [5.41, 5.74) is 0.410. The first kappa shape index (κ1) is 15.0. The molecule has 0 aliphatic carbocycles. The van der Waals surface area contributed by atoms with E-state index in [-0.39, 0.29) is 17.0 Å². The fourth-order valence-corrected chi connectivity index (χ4v) is 2.34. The maximum absolute atomic E-state index is 11.2. The topological polar surface area (TPSA) is 89.7 Å². The number of nitro groups is 1. The van der Waals surface area contributed by atoms with Gasteiger partial charge in [0, 0.05) is 16.1 Å². The highest BCUT2D eigenvalue weighted by atomic mass is 79.9. The Balaban J connectivity index is 2.39. The number of hydrogen-bond donors (Lipinski definition) is 1. The molecule has 0 fully saturated rings. The van der Waals surface area contributed by atoms with Crippen molar-refractivity contribution in [3.8, 4) is 11.5 Å². The maximum atomic E-state index is 11.2. The molecule has 0 aliphatic rings. The second-order valence-electron chi connectivity index (χ2n) is 4.23. The summed E-state index contributed by atoms with van der Waals surface area (Å²) < 4.78 is 5.93. The van der Waals surface area contributed by atoms with Crippen molar-refractivity contribution < 1.29 is 19.6 Å². The lowest BCUT2D eigenvalue weighted by atomic mass is 10.2. The van der Waals surface area contributed by atoms with Crippen LogP contribution in [0.1, 0.15) is 15.9 Å². The van der Waals surface area contributed by atoms with E-state index in [1.165, 1.54) is 24.3 Å². The summed E-state index contributed by atoms with van der Waals surface area (Å²) in [6, 6.07) is 9.00. The van der Waals surface area contributed by atoms with Crippen LogP contribution in [0.25, 0.3) is 0 Å². The highest BCUT2D eigenvalue weighted by Crippen LogP contribution is 2.32. The van der Waals surface area contributed by atoms with Gasteiger partial charge in [0.05, 0.1) is 4.92 Å². The molecule has 21 heavy (non-hydrogen) atoms. The SMILES string of the molecule is Cc1cc(Oc2cccc(Br)c2C(=O)O)ccc1[N+](=O)[O-]. The number of rotatable bonds is 4. The Labute approximate surface area is 128 Å². The number of carbonyl (C=O) groups is 1. The number of benzene rings is 2. The highest BCUT2D eigenvalue weighted by Gasteiger charge is 2.17. The molecule has 0 unspecified atom stereocenters. The third kappa shape index (κ3) is 3.19. The summed E-state index contributed by atoms with van der Waals surface area (Å²) in [6.45, 7) is 1.59. The molecule has 2 rings (SSSR count). The van der Waals surface area contributed by atoms with Crippen molar-refractivity contribution in [2.45, 2.75) is 6.92 Å². The lowest BCUT2D eigenvalue weighted by molar-refractivity contribution is -0.385. The standard InChI is InChI=1S/C14H10BrNO5/c1-8-7-9(5-6-11(8)16(19)20)21-12-4-2-3-10(15)13(12)14(17)18/h2-7H,1H3,(H,17,18). The minimum Gasteiger partial charge on any atom is -0.478 e. The lowest BCUT2D eigenvalue weighted by Crippen LogP contribution is -2.01. The predicted molar refractivity (Wildman–Crippen MR) is 79.0 cm³/mol. The van der Waals surface area contributed by atoms with E-state index in [2.05, 4.69) is 15.9 Å². The zero-order valence-electron chi connectivity index (χ0n) is 10.9. The molecular weight excluding hydrogens is 342 g/mol. The Bertz CT molecular complexity index is 729. The molecule has 0 radical (unpaired) electrons. The summed E-state index contributed by atoms with van der Waals surface area (Å²) in [7, 11) is 0. The van der Waals surface area contributed by atoms with Gasteiger partial charge in [0.15, 0.2) is 0 Å². The Kier molecular flexibility index (Phi) is 4.23. The van der Waals surface area contributed by atoms with Crippen LogP contribution in [0.2, 0.25) is 0 Å². The molecule has 6 nitrogen and oxygen atoms in total. The largest absolute Gasteiger partial charge is 0.478 e. The quantitative estimate of drug-likeness (QED) is 0.659. The number of ether oxygens (including phenoxy) is 1. The van der Waals surface area contributed by atoms with Crippen LogP contribution in [0, 0.1) is 17.0 Å². The molecule has 7 heteroatoms. The number of carboxylic acids is 1. The Morgan fingerprint density at radius 1 is 1.33 bits per heavy atom. The number of nitro benzene ring substituents is 1. The number of halogens is 1. The third-order valence-corrected chi connectivity index (χ3v) is 3.44. The molecule has 0 spiro atoms. The summed E-state index contributed by atoms with van der Waals surface area (Å²) in [5.74, 6) is -0.639. The molecule has 0 bridgehead atoms. The van der Waals surface area contributed by atoms with Crippen LogP contribution in [0.4, 0.5) is 5.69 Å². The summed E-state index contributed by atoms with van der Waals surface area (Å²) in [6.07, 6.45) is 0. The van der Waals surface area contributed by atoms with Gasteiger partial charge in [-0.2, -0.15) is 0 Å². The van der Waals surface area contributed by atoms with Crippen LogP contribution in [0.3, 0.4) is 0 Å². The molecule has 0 aromatic heterocycles. The van der Waals surface area contributed by atoms with Crippen LogP contribution < -0.4 is 4.74 Å². The minimum atomic E-state index is -1.13. The molecule has 0 amide bonds. The summed E-state index contributed by atoms with van der Waals surface area (Å²) >= 11 is 3.16. The zero-order chi connectivity index (χ0) is 15.6. The van der Waals surface area contributed by atoms with Crippen LogP contribution in [0.5, 0.6) is 11.5 Å². The van der Waals surface area contributed by atoms with Crippen molar-refractivity contribution in [2.75, 3.05) is 0 Å². The van der Waals surface area contributed by atoms with E-state index in [0.29, 0.717) is 15.8 Å². The number of aryl methyl sites for hydroxylation is 1. The van der Waals surface area contributed by atoms with Gasteiger partial charge in [-0.25, -0.2) is 4.79 Å². The molecule has 0 aliphatic heterocycles. The third-order valence-electron chi connectivity index (χ3n) is 2.78. The van der Waals surface area contributed by atoms with Gasteiger partial charge in [-0.15, -0.1) is 0 Å². The van der Waals surface area contributed by atoms with E-state index in [0.717, 1.165) is 0 Å². The van der Waals surface area contributed by atoms with Gasteiger partial charge in [-0.05, 0) is 47.1 Å². The molecule has 0 saturated carbocycles. The predicted octanol–water partition coefficient (Wildman–Crippen LogP) is 4.16. The summed E-state index contributed by atoms with van der Waals surface area (Å²) in [4.78, 5) is 21.5. The Hall–Kier alpha value is -2.41. The van der Waals surface area contributed by atoms with Crippen LogP contribution >= 0.6 is 15.9 Å². The molecule has 2 aromatic rings. The molecular formula is C14H10BrNO5. The van der Waals surface area contributed by atoms with Gasteiger partial charge in [-0.3, -0.25) is 10.1 Å². The first-order valence-corrected chi connectivity index (χ1v) is 6.64. The van der Waals surface area contributed by atoms with Crippen molar-refractivity contribution in [3.05, 3.63) is 62.1 Å². The molecule has 108 valence electrons. The number of nitrogens with zero attached hydrogens (tertiary/aromatic N) is 1.